The molecule has 4 rings (SSSR count). The van der Waals surface area contributed by atoms with Gasteiger partial charge in [0, 0.05) is 12.4 Å². The first-order valence-corrected chi connectivity index (χ1v) is 10.3. The smallest absolute Gasteiger partial charge is 0.262 e. The van der Waals surface area contributed by atoms with Gasteiger partial charge >= 0.3 is 0 Å². The van der Waals surface area contributed by atoms with Crippen molar-refractivity contribution in [3.05, 3.63) is 94.5 Å². The molecule has 0 atom stereocenters. The van der Waals surface area contributed by atoms with E-state index in [1.165, 1.54) is 18.9 Å². The predicted molar refractivity (Wildman–Crippen MR) is 117 cm³/mol. The third kappa shape index (κ3) is 4.11. The molecule has 0 aliphatic rings. The zero-order chi connectivity index (χ0) is 20.9. The minimum Gasteiger partial charge on any atom is -0.496 e. The second kappa shape index (κ2) is 8.92. The van der Waals surface area contributed by atoms with Gasteiger partial charge in [-0.25, -0.2) is 4.98 Å². The SMILES string of the molecule is COc1ccccc1C(=O)CSc1nc2ccccc2c(=O)n1Cc1cccnc1. The van der Waals surface area contributed by atoms with Crippen molar-refractivity contribution in [2.75, 3.05) is 12.9 Å². The lowest BCUT2D eigenvalue weighted by Gasteiger charge is -2.13. The Balaban J connectivity index is 1.69. The van der Waals surface area contributed by atoms with E-state index in [0.29, 0.717) is 33.9 Å². The predicted octanol–water partition coefficient (Wildman–Crippen LogP) is 3.82. The number of carbonyl (C=O) groups excluding carboxylic acids is 1. The van der Waals surface area contributed by atoms with Crippen molar-refractivity contribution in [1.29, 1.82) is 0 Å². The molecule has 0 radical (unpaired) electrons. The first-order valence-electron chi connectivity index (χ1n) is 9.35. The number of ketones is 1. The van der Waals surface area contributed by atoms with Crippen LogP contribution in [-0.2, 0) is 6.54 Å². The van der Waals surface area contributed by atoms with Crippen molar-refractivity contribution in [3.63, 3.8) is 0 Å². The van der Waals surface area contributed by atoms with Gasteiger partial charge in [0.2, 0.25) is 0 Å². The van der Waals surface area contributed by atoms with Gasteiger partial charge in [0.1, 0.15) is 5.75 Å². The molecule has 2 heterocycles. The monoisotopic (exact) mass is 417 g/mol. The third-order valence-corrected chi connectivity index (χ3v) is 5.61. The van der Waals surface area contributed by atoms with Gasteiger partial charge in [0.25, 0.3) is 5.56 Å². The van der Waals surface area contributed by atoms with Crippen molar-refractivity contribution >= 4 is 28.4 Å². The van der Waals surface area contributed by atoms with Crippen LogP contribution in [0.2, 0.25) is 0 Å². The highest BCUT2D eigenvalue weighted by Gasteiger charge is 2.16. The Hall–Kier alpha value is -3.45. The molecule has 0 saturated heterocycles. The number of benzene rings is 2. The number of fused-ring (bicyclic) bond motifs is 1. The molecule has 0 aliphatic heterocycles. The summed E-state index contributed by atoms with van der Waals surface area (Å²) in [4.78, 5) is 34.7. The molecule has 0 spiro atoms. The second-order valence-corrected chi connectivity index (χ2v) is 7.52. The fourth-order valence-electron chi connectivity index (χ4n) is 3.15. The lowest BCUT2D eigenvalue weighted by Crippen LogP contribution is -2.24. The first kappa shape index (κ1) is 19.8. The Morgan fingerprint density at radius 2 is 1.87 bits per heavy atom. The van der Waals surface area contributed by atoms with Gasteiger partial charge in [-0.1, -0.05) is 42.1 Å². The summed E-state index contributed by atoms with van der Waals surface area (Å²) in [7, 11) is 1.54. The topological polar surface area (TPSA) is 74.1 Å². The number of carbonyl (C=O) groups is 1. The highest BCUT2D eigenvalue weighted by Crippen LogP contribution is 2.23. The molecule has 7 heteroatoms. The standard InChI is InChI=1S/C23H19N3O3S/c1-29-21-11-5-3-9-18(21)20(27)15-30-23-25-19-10-4-2-8-17(19)22(28)26(23)14-16-7-6-12-24-13-16/h2-13H,14-15H2,1H3. The molecule has 0 aliphatic carbocycles. The molecule has 0 bridgehead atoms. The van der Waals surface area contributed by atoms with E-state index in [0.717, 1.165) is 5.56 Å². The molecule has 0 saturated carbocycles. The number of hydrogen-bond donors (Lipinski definition) is 0. The van der Waals surface area contributed by atoms with Gasteiger partial charge in [0.05, 0.1) is 35.9 Å². The van der Waals surface area contributed by atoms with E-state index in [1.807, 2.05) is 30.3 Å². The summed E-state index contributed by atoms with van der Waals surface area (Å²) >= 11 is 1.24. The van der Waals surface area contributed by atoms with Crippen molar-refractivity contribution in [2.24, 2.45) is 0 Å². The normalized spacial score (nSPS) is 10.8. The Kier molecular flexibility index (Phi) is 5.90. The zero-order valence-corrected chi connectivity index (χ0v) is 17.1. The van der Waals surface area contributed by atoms with Crippen LogP contribution in [0, 0.1) is 0 Å². The summed E-state index contributed by atoms with van der Waals surface area (Å²) in [5.41, 5.74) is 1.86. The summed E-state index contributed by atoms with van der Waals surface area (Å²) in [5.74, 6) is 0.577. The molecule has 0 N–H and O–H groups in total. The zero-order valence-electron chi connectivity index (χ0n) is 16.3. The van der Waals surface area contributed by atoms with Crippen molar-refractivity contribution < 1.29 is 9.53 Å². The molecular formula is C23H19N3O3S. The summed E-state index contributed by atoms with van der Waals surface area (Å²) in [5, 5.41) is 1.03. The van der Waals surface area contributed by atoms with Gasteiger partial charge in [0.15, 0.2) is 10.9 Å². The van der Waals surface area contributed by atoms with E-state index < -0.39 is 0 Å². The Bertz CT molecular complexity index is 1260. The summed E-state index contributed by atoms with van der Waals surface area (Å²) in [6, 6.07) is 18.1. The van der Waals surface area contributed by atoms with Crippen LogP contribution >= 0.6 is 11.8 Å². The number of thioether (sulfide) groups is 1. The highest BCUT2D eigenvalue weighted by molar-refractivity contribution is 7.99. The van der Waals surface area contributed by atoms with Gasteiger partial charge in [-0.15, -0.1) is 0 Å². The maximum Gasteiger partial charge on any atom is 0.262 e. The number of para-hydroxylation sites is 2. The minimum atomic E-state index is -0.142. The van der Waals surface area contributed by atoms with Crippen LogP contribution in [0.3, 0.4) is 0 Å². The molecule has 150 valence electrons. The van der Waals surface area contributed by atoms with Gasteiger partial charge in [-0.2, -0.15) is 0 Å². The maximum atomic E-state index is 13.2. The lowest BCUT2D eigenvalue weighted by molar-refractivity contribution is 0.101. The van der Waals surface area contributed by atoms with Crippen LogP contribution in [0.15, 0.2) is 83.0 Å². The second-order valence-electron chi connectivity index (χ2n) is 6.58. The lowest BCUT2D eigenvalue weighted by atomic mass is 10.1. The Morgan fingerprint density at radius 1 is 1.07 bits per heavy atom. The van der Waals surface area contributed by atoms with Gasteiger partial charge in [-0.05, 0) is 35.9 Å². The van der Waals surface area contributed by atoms with Crippen LogP contribution in [0.1, 0.15) is 15.9 Å². The number of pyridine rings is 1. The summed E-state index contributed by atoms with van der Waals surface area (Å²) < 4.78 is 6.89. The molecule has 6 nitrogen and oxygen atoms in total. The number of rotatable bonds is 7. The average Bonchev–Trinajstić information content (AvgIpc) is 2.80. The fourth-order valence-corrected chi connectivity index (χ4v) is 4.04. The largest absolute Gasteiger partial charge is 0.496 e. The van der Waals surface area contributed by atoms with Crippen LogP contribution in [0.5, 0.6) is 5.75 Å². The number of hydrogen-bond acceptors (Lipinski definition) is 6. The molecule has 0 fully saturated rings. The Labute approximate surface area is 177 Å². The van der Waals surface area contributed by atoms with Crippen molar-refractivity contribution in [1.82, 2.24) is 14.5 Å². The van der Waals surface area contributed by atoms with Crippen molar-refractivity contribution in [2.45, 2.75) is 11.7 Å². The number of ether oxygens (including phenoxy) is 1. The number of aromatic nitrogens is 3. The van der Waals surface area contributed by atoms with Crippen molar-refractivity contribution in [3.8, 4) is 5.75 Å². The molecule has 0 amide bonds. The molecule has 0 unspecified atom stereocenters. The average molecular weight is 417 g/mol. The van der Waals surface area contributed by atoms with Gasteiger partial charge < -0.3 is 4.74 Å². The Morgan fingerprint density at radius 3 is 2.67 bits per heavy atom. The van der Waals surface area contributed by atoms with E-state index in [9.17, 15) is 9.59 Å². The molecule has 30 heavy (non-hydrogen) atoms. The first-order chi connectivity index (χ1) is 14.7. The number of methoxy groups -OCH3 is 1. The molecule has 2 aromatic heterocycles. The molecule has 4 aromatic rings. The number of nitrogens with zero attached hydrogens (tertiary/aromatic N) is 3. The summed E-state index contributed by atoms with van der Waals surface area (Å²) in [6.45, 7) is 0.329. The maximum absolute atomic E-state index is 13.2. The van der Waals surface area contributed by atoms with Gasteiger partial charge in [-0.3, -0.25) is 19.1 Å². The fraction of sp³-hybridized carbons (Fsp3) is 0.130. The van der Waals surface area contributed by atoms with Crippen LogP contribution < -0.4 is 10.3 Å². The highest BCUT2D eigenvalue weighted by atomic mass is 32.2. The van der Waals surface area contributed by atoms with E-state index in [-0.39, 0.29) is 17.1 Å². The van der Waals surface area contributed by atoms with E-state index in [1.54, 1.807) is 47.3 Å². The molecule has 2 aromatic carbocycles. The van der Waals surface area contributed by atoms with Crippen LogP contribution in [0.25, 0.3) is 10.9 Å². The molecular weight excluding hydrogens is 398 g/mol. The quantitative estimate of drug-likeness (QED) is 0.259. The van der Waals surface area contributed by atoms with E-state index >= 15 is 0 Å². The van der Waals surface area contributed by atoms with E-state index in [4.69, 9.17) is 4.74 Å². The van der Waals surface area contributed by atoms with E-state index in [2.05, 4.69) is 9.97 Å². The summed E-state index contributed by atoms with van der Waals surface area (Å²) in [6.07, 6.45) is 3.41. The number of Topliss-reactive ketones (excluding diaryl/α,β-unsaturated/α-hetero) is 1. The van der Waals surface area contributed by atoms with Crippen LogP contribution in [0.4, 0.5) is 0 Å². The third-order valence-electron chi connectivity index (χ3n) is 4.63. The minimum absolute atomic E-state index is 0.0900. The van der Waals surface area contributed by atoms with Crippen LogP contribution in [-0.4, -0.2) is 33.2 Å².